The molecule has 1 aromatic heterocycles. The van der Waals surface area contributed by atoms with Gasteiger partial charge in [-0.25, -0.2) is 4.98 Å². The Kier molecular flexibility index (Phi) is 3.90. The third-order valence-electron chi connectivity index (χ3n) is 2.18. The van der Waals surface area contributed by atoms with Crippen LogP contribution < -0.4 is 11.1 Å². The highest BCUT2D eigenvalue weighted by Gasteiger charge is 2.05. The normalized spacial score (nSPS) is 9.94. The fourth-order valence-corrected chi connectivity index (χ4v) is 1.90. The Bertz CT molecular complexity index is 540. The topological polar surface area (TPSA) is 50.9 Å². The van der Waals surface area contributed by atoms with Gasteiger partial charge in [-0.3, -0.25) is 0 Å². The Hall–Kier alpha value is -1.21. The van der Waals surface area contributed by atoms with E-state index in [9.17, 15) is 0 Å². The van der Waals surface area contributed by atoms with E-state index < -0.39 is 0 Å². The molecule has 1 aromatic carbocycles. The molecule has 0 fully saturated rings. The Balaban J connectivity index is 2.30. The molecule has 0 aliphatic carbocycles. The zero-order chi connectivity index (χ0) is 12.3. The molecule has 2 aromatic rings. The molecule has 0 bridgehead atoms. The molecule has 2 rings (SSSR count). The lowest BCUT2D eigenvalue weighted by molar-refractivity contribution is 1.30. The quantitative estimate of drug-likeness (QED) is 0.656. The van der Waals surface area contributed by atoms with Crippen LogP contribution in [0.25, 0.3) is 0 Å². The van der Waals surface area contributed by atoms with Gasteiger partial charge in [0.1, 0.15) is 10.8 Å². The Morgan fingerprint density at radius 3 is 2.59 bits per heavy atom. The number of benzene rings is 1. The predicted octanol–water partition coefficient (Wildman–Crippen LogP) is 3.06. The van der Waals surface area contributed by atoms with E-state index in [0.29, 0.717) is 10.8 Å². The van der Waals surface area contributed by atoms with Crippen molar-refractivity contribution in [2.75, 3.05) is 5.32 Å². The van der Waals surface area contributed by atoms with Crippen LogP contribution in [0.15, 0.2) is 42.6 Å². The van der Waals surface area contributed by atoms with Gasteiger partial charge in [-0.1, -0.05) is 12.2 Å². The summed E-state index contributed by atoms with van der Waals surface area (Å²) < 4.78 is 1.18. The molecule has 0 amide bonds. The van der Waals surface area contributed by atoms with Crippen LogP contribution in [-0.2, 0) is 0 Å². The Morgan fingerprint density at radius 1 is 1.24 bits per heavy atom. The number of aromatic nitrogens is 1. The molecular weight excluding hydrogens is 345 g/mol. The highest BCUT2D eigenvalue weighted by molar-refractivity contribution is 14.1. The van der Waals surface area contributed by atoms with Crippen LogP contribution in [0.4, 0.5) is 11.5 Å². The predicted molar refractivity (Wildman–Crippen MR) is 82.6 cm³/mol. The van der Waals surface area contributed by atoms with Gasteiger partial charge in [-0.2, -0.15) is 0 Å². The molecule has 0 radical (unpaired) electrons. The van der Waals surface area contributed by atoms with E-state index >= 15 is 0 Å². The second-order valence-corrected chi connectivity index (χ2v) is 5.08. The second kappa shape index (κ2) is 5.42. The average Bonchev–Trinajstić information content (AvgIpc) is 2.32. The van der Waals surface area contributed by atoms with Gasteiger partial charge in [-0.15, -0.1) is 0 Å². The molecule has 0 saturated heterocycles. The summed E-state index contributed by atoms with van der Waals surface area (Å²) in [5.41, 5.74) is 7.35. The van der Waals surface area contributed by atoms with Gasteiger partial charge < -0.3 is 11.1 Å². The van der Waals surface area contributed by atoms with Crippen LogP contribution in [0.2, 0.25) is 0 Å². The van der Waals surface area contributed by atoms with Gasteiger partial charge in [0.25, 0.3) is 0 Å². The molecule has 1 heterocycles. The number of anilines is 2. The minimum absolute atomic E-state index is 0.339. The number of hydrogen-bond donors (Lipinski definition) is 2. The SMILES string of the molecule is NC(=S)c1cccnc1Nc1ccc(I)cc1. The third kappa shape index (κ3) is 3.13. The summed E-state index contributed by atoms with van der Waals surface area (Å²) in [6, 6.07) is 11.7. The van der Waals surface area contributed by atoms with Crippen molar-refractivity contribution in [3.63, 3.8) is 0 Å². The molecule has 3 nitrogen and oxygen atoms in total. The van der Waals surface area contributed by atoms with Crippen LogP contribution in [0, 0.1) is 3.57 Å². The molecule has 0 aliphatic heterocycles. The lowest BCUT2D eigenvalue weighted by Gasteiger charge is -2.09. The maximum Gasteiger partial charge on any atom is 0.140 e. The first-order chi connectivity index (χ1) is 8.16. The Labute approximate surface area is 119 Å². The molecule has 86 valence electrons. The third-order valence-corrected chi connectivity index (χ3v) is 3.12. The smallest absolute Gasteiger partial charge is 0.140 e. The summed E-state index contributed by atoms with van der Waals surface area (Å²) in [6.45, 7) is 0. The lowest BCUT2D eigenvalue weighted by Crippen LogP contribution is -2.12. The number of nitrogens with one attached hydrogen (secondary N) is 1. The fraction of sp³-hybridized carbons (Fsp3) is 0. The highest BCUT2D eigenvalue weighted by Crippen LogP contribution is 2.19. The largest absolute Gasteiger partial charge is 0.389 e. The minimum atomic E-state index is 0.339. The van der Waals surface area contributed by atoms with E-state index in [2.05, 4.69) is 32.9 Å². The summed E-state index contributed by atoms with van der Waals surface area (Å²) in [4.78, 5) is 4.58. The second-order valence-electron chi connectivity index (χ2n) is 3.40. The van der Waals surface area contributed by atoms with Gasteiger partial charge in [-0.05, 0) is 59.0 Å². The summed E-state index contributed by atoms with van der Waals surface area (Å²) in [6.07, 6.45) is 1.71. The number of nitrogens with two attached hydrogens (primary N) is 1. The van der Waals surface area contributed by atoms with E-state index in [1.165, 1.54) is 3.57 Å². The number of halogens is 1. The molecule has 0 spiro atoms. The fourth-order valence-electron chi connectivity index (χ4n) is 1.37. The zero-order valence-corrected chi connectivity index (χ0v) is 11.8. The van der Waals surface area contributed by atoms with Crippen LogP contribution in [0.1, 0.15) is 5.56 Å². The van der Waals surface area contributed by atoms with Crippen molar-refractivity contribution >= 4 is 51.3 Å². The van der Waals surface area contributed by atoms with E-state index in [1.807, 2.05) is 36.4 Å². The van der Waals surface area contributed by atoms with E-state index in [4.69, 9.17) is 18.0 Å². The molecule has 3 N–H and O–H groups in total. The van der Waals surface area contributed by atoms with Gasteiger partial charge in [0.15, 0.2) is 0 Å². The van der Waals surface area contributed by atoms with E-state index in [0.717, 1.165) is 11.3 Å². The monoisotopic (exact) mass is 355 g/mol. The van der Waals surface area contributed by atoms with Crippen molar-refractivity contribution in [3.05, 3.63) is 51.7 Å². The maximum absolute atomic E-state index is 5.64. The maximum atomic E-state index is 5.64. The first kappa shape index (κ1) is 12.3. The van der Waals surface area contributed by atoms with Crippen molar-refractivity contribution in [1.82, 2.24) is 4.98 Å². The number of rotatable bonds is 3. The number of thiocarbonyl (C=S) groups is 1. The summed E-state index contributed by atoms with van der Waals surface area (Å²) in [5.74, 6) is 0.682. The highest BCUT2D eigenvalue weighted by atomic mass is 127. The Morgan fingerprint density at radius 2 is 1.94 bits per heavy atom. The molecule has 0 aliphatic rings. The number of nitrogens with zero attached hydrogens (tertiary/aromatic N) is 1. The number of pyridine rings is 1. The van der Waals surface area contributed by atoms with E-state index in [-0.39, 0.29) is 0 Å². The van der Waals surface area contributed by atoms with Gasteiger partial charge >= 0.3 is 0 Å². The zero-order valence-electron chi connectivity index (χ0n) is 8.85. The molecule has 0 atom stereocenters. The summed E-state index contributed by atoms with van der Waals surface area (Å²) in [7, 11) is 0. The lowest BCUT2D eigenvalue weighted by atomic mass is 10.2. The van der Waals surface area contributed by atoms with Gasteiger partial charge in [0, 0.05) is 15.5 Å². The van der Waals surface area contributed by atoms with Crippen LogP contribution in [0.3, 0.4) is 0 Å². The molecular formula is C12H10IN3S. The molecule has 5 heteroatoms. The van der Waals surface area contributed by atoms with Crippen LogP contribution in [-0.4, -0.2) is 9.97 Å². The van der Waals surface area contributed by atoms with Gasteiger partial charge in [0.05, 0.1) is 5.56 Å². The van der Waals surface area contributed by atoms with Crippen molar-refractivity contribution < 1.29 is 0 Å². The molecule has 17 heavy (non-hydrogen) atoms. The standard InChI is InChI=1S/C12H10IN3S/c13-8-3-5-9(6-4-8)16-12-10(11(14)17)2-1-7-15-12/h1-7H,(H2,14,17)(H,15,16). The first-order valence-corrected chi connectivity index (χ1v) is 6.43. The van der Waals surface area contributed by atoms with Crippen LogP contribution >= 0.6 is 34.8 Å². The van der Waals surface area contributed by atoms with Crippen LogP contribution in [0.5, 0.6) is 0 Å². The number of hydrogen-bond acceptors (Lipinski definition) is 3. The summed E-state index contributed by atoms with van der Waals surface area (Å²) >= 11 is 7.24. The van der Waals surface area contributed by atoms with Gasteiger partial charge in [0.2, 0.25) is 0 Å². The average molecular weight is 355 g/mol. The van der Waals surface area contributed by atoms with E-state index in [1.54, 1.807) is 6.20 Å². The van der Waals surface area contributed by atoms with Crippen molar-refractivity contribution in [1.29, 1.82) is 0 Å². The summed E-state index contributed by atoms with van der Waals surface area (Å²) in [5, 5.41) is 3.20. The van der Waals surface area contributed by atoms with Crippen molar-refractivity contribution in [2.45, 2.75) is 0 Å². The minimum Gasteiger partial charge on any atom is -0.389 e. The molecule has 0 saturated carbocycles. The molecule has 0 unspecified atom stereocenters. The first-order valence-electron chi connectivity index (χ1n) is 4.94. The van der Waals surface area contributed by atoms with Crippen molar-refractivity contribution in [2.24, 2.45) is 5.73 Å². The van der Waals surface area contributed by atoms with Crippen molar-refractivity contribution in [3.8, 4) is 0 Å².